The van der Waals surface area contributed by atoms with Crippen LogP contribution in [0.1, 0.15) is 43.4 Å². The number of anilines is 1. The summed E-state index contributed by atoms with van der Waals surface area (Å²) in [7, 11) is -1.94. The fourth-order valence-corrected chi connectivity index (χ4v) is 8.71. The van der Waals surface area contributed by atoms with Gasteiger partial charge in [0.2, 0.25) is 10.0 Å². The molecular weight excluding hydrogens is 527 g/mol. The number of halogens is 1. The number of hydrogen-bond acceptors (Lipinski definition) is 5. The number of rotatable bonds is 7. The summed E-state index contributed by atoms with van der Waals surface area (Å²) in [6.45, 7) is 2.74. The number of aromatic nitrogens is 2. The van der Waals surface area contributed by atoms with Crippen LogP contribution in [0.2, 0.25) is 0 Å². The maximum atomic E-state index is 14.1. The molecule has 9 heteroatoms. The van der Waals surface area contributed by atoms with E-state index in [1.54, 1.807) is 29.6 Å². The highest BCUT2D eigenvalue weighted by Crippen LogP contribution is 2.53. The summed E-state index contributed by atoms with van der Waals surface area (Å²) in [4.78, 5) is 2.63. The SMILES string of the molecule is CO[C@H](C1CC1)C12Cc3cnn(-c4ccc(F)cc4)c3C=C1CCN(S(=O)(=O)c1cccc(N3CCCC3)c1)C2. The maximum absolute atomic E-state index is 14.1. The van der Waals surface area contributed by atoms with E-state index in [2.05, 4.69) is 16.1 Å². The van der Waals surface area contributed by atoms with Gasteiger partial charge in [-0.05, 0) is 98.5 Å². The van der Waals surface area contributed by atoms with Crippen molar-refractivity contribution in [3.63, 3.8) is 0 Å². The van der Waals surface area contributed by atoms with Crippen LogP contribution in [0, 0.1) is 17.2 Å². The predicted molar refractivity (Wildman–Crippen MR) is 152 cm³/mol. The van der Waals surface area contributed by atoms with E-state index in [0.29, 0.717) is 36.7 Å². The van der Waals surface area contributed by atoms with Crippen molar-refractivity contribution >= 4 is 21.8 Å². The second-order valence-electron chi connectivity index (χ2n) is 11.7. The zero-order valence-corrected chi connectivity index (χ0v) is 23.6. The maximum Gasteiger partial charge on any atom is 0.243 e. The molecule has 0 N–H and O–H groups in total. The molecule has 2 saturated heterocycles. The highest BCUT2D eigenvalue weighted by atomic mass is 32.2. The molecule has 2 atom stereocenters. The van der Waals surface area contributed by atoms with Gasteiger partial charge in [-0.15, -0.1) is 0 Å². The first-order valence-electron chi connectivity index (χ1n) is 14.3. The van der Waals surface area contributed by atoms with Gasteiger partial charge >= 0.3 is 0 Å². The Bertz CT molecular complexity index is 1560. The Hall–Kier alpha value is -3.01. The second-order valence-corrected chi connectivity index (χ2v) is 13.7. The van der Waals surface area contributed by atoms with E-state index in [4.69, 9.17) is 4.74 Å². The molecule has 7 nitrogen and oxygen atoms in total. The third kappa shape index (κ3) is 4.30. The van der Waals surface area contributed by atoms with Gasteiger partial charge in [-0.3, -0.25) is 0 Å². The van der Waals surface area contributed by atoms with E-state index in [9.17, 15) is 12.8 Å². The number of benzene rings is 2. The first-order chi connectivity index (χ1) is 19.4. The van der Waals surface area contributed by atoms with Crippen LogP contribution in [-0.4, -0.2) is 61.9 Å². The molecule has 7 rings (SSSR count). The van der Waals surface area contributed by atoms with Crippen LogP contribution in [0.3, 0.4) is 0 Å². The Balaban J connectivity index is 1.25. The molecule has 1 saturated carbocycles. The standard InChI is InChI=1S/C31H35FN4O3S/c1-39-30(22-7-8-22)31-19-23-20-33-36(26-11-9-25(32)10-12-26)29(23)17-24(31)13-16-35(21-31)40(37,38)28-6-4-5-27(18-28)34-14-2-3-15-34/h4-6,9-12,17-18,20,22,30H,2-3,7-8,13-16,19,21H2,1H3/t30-,31?/m1/s1. The summed E-state index contributed by atoms with van der Waals surface area (Å²) in [5.41, 5.74) is 4.59. The number of sulfonamides is 1. The third-order valence-corrected chi connectivity index (χ3v) is 11.1. The summed E-state index contributed by atoms with van der Waals surface area (Å²) < 4.78 is 51.6. The van der Waals surface area contributed by atoms with Crippen molar-refractivity contribution in [2.24, 2.45) is 11.3 Å². The van der Waals surface area contributed by atoms with Gasteiger partial charge in [0.25, 0.3) is 0 Å². The molecule has 0 bridgehead atoms. The van der Waals surface area contributed by atoms with Gasteiger partial charge in [-0.1, -0.05) is 11.6 Å². The van der Waals surface area contributed by atoms with Crippen molar-refractivity contribution < 1.29 is 17.5 Å². The molecule has 2 aliphatic carbocycles. The molecule has 1 unspecified atom stereocenters. The van der Waals surface area contributed by atoms with Crippen molar-refractivity contribution in [2.45, 2.75) is 49.5 Å². The van der Waals surface area contributed by atoms with Gasteiger partial charge in [0, 0.05) is 44.4 Å². The molecule has 40 heavy (non-hydrogen) atoms. The van der Waals surface area contributed by atoms with Crippen molar-refractivity contribution in [1.29, 1.82) is 0 Å². The van der Waals surface area contributed by atoms with Crippen LogP contribution in [0.5, 0.6) is 0 Å². The third-order valence-electron chi connectivity index (χ3n) is 9.28. The highest BCUT2D eigenvalue weighted by molar-refractivity contribution is 7.89. The van der Waals surface area contributed by atoms with Gasteiger partial charge in [0.1, 0.15) is 5.82 Å². The highest BCUT2D eigenvalue weighted by Gasteiger charge is 2.54. The lowest BCUT2D eigenvalue weighted by Gasteiger charge is -2.50. The van der Waals surface area contributed by atoms with Crippen LogP contribution in [0.15, 0.2) is 65.2 Å². The molecule has 4 aliphatic rings. The molecule has 3 aromatic rings. The molecule has 0 radical (unpaired) electrons. The molecule has 2 aliphatic heterocycles. The van der Waals surface area contributed by atoms with E-state index in [1.165, 1.54) is 17.7 Å². The zero-order chi connectivity index (χ0) is 27.5. The summed E-state index contributed by atoms with van der Waals surface area (Å²) in [6.07, 6.45) is 9.76. The summed E-state index contributed by atoms with van der Waals surface area (Å²) in [6, 6.07) is 13.8. The van der Waals surface area contributed by atoms with Crippen LogP contribution in [0.4, 0.5) is 10.1 Å². The zero-order valence-electron chi connectivity index (χ0n) is 22.8. The summed E-state index contributed by atoms with van der Waals surface area (Å²) in [5.74, 6) is 0.136. The van der Waals surface area contributed by atoms with Crippen molar-refractivity contribution in [3.8, 4) is 5.69 Å². The van der Waals surface area contributed by atoms with E-state index in [-0.39, 0.29) is 11.9 Å². The fourth-order valence-electron chi connectivity index (χ4n) is 7.16. The van der Waals surface area contributed by atoms with E-state index < -0.39 is 15.4 Å². The van der Waals surface area contributed by atoms with E-state index in [0.717, 1.165) is 61.4 Å². The number of ether oxygens (including phenoxy) is 1. The lowest BCUT2D eigenvalue weighted by atomic mass is 9.64. The Morgan fingerprint density at radius 2 is 1.82 bits per heavy atom. The molecule has 3 heterocycles. The van der Waals surface area contributed by atoms with E-state index in [1.807, 2.05) is 29.1 Å². The quantitative estimate of drug-likeness (QED) is 0.403. The minimum Gasteiger partial charge on any atom is -0.380 e. The number of fused-ring (bicyclic) bond motifs is 2. The normalized spacial score (nSPS) is 23.9. The number of methoxy groups -OCH3 is 1. The van der Waals surface area contributed by atoms with Crippen molar-refractivity contribution in [2.75, 3.05) is 38.2 Å². The lowest BCUT2D eigenvalue weighted by Crippen LogP contribution is -2.55. The van der Waals surface area contributed by atoms with Crippen molar-refractivity contribution in [1.82, 2.24) is 14.1 Å². The molecule has 3 fully saturated rings. The van der Waals surface area contributed by atoms with Crippen LogP contribution >= 0.6 is 0 Å². The first kappa shape index (κ1) is 25.9. The average Bonchev–Trinajstić information content (AvgIpc) is 3.47. The summed E-state index contributed by atoms with van der Waals surface area (Å²) in [5, 5.41) is 4.67. The number of hydrogen-bond donors (Lipinski definition) is 0. The largest absolute Gasteiger partial charge is 0.380 e. The lowest BCUT2D eigenvalue weighted by molar-refractivity contribution is -0.0260. The van der Waals surface area contributed by atoms with Gasteiger partial charge in [-0.2, -0.15) is 9.40 Å². The number of nitrogens with zero attached hydrogens (tertiary/aromatic N) is 4. The fraction of sp³-hybridized carbons (Fsp3) is 0.452. The van der Waals surface area contributed by atoms with Gasteiger partial charge in [0.15, 0.2) is 0 Å². The Kier molecular flexibility index (Phi) is 6.36. The Morgan fingerprint density at radius 3 is 2.55 bits per heavy atom. The molecule has 0 spiro atoms. The monoisotopic (exact) mass is 562 g/mol. The molecule has 2 aromatic carbocycles. The van der Waals surface area contributed by atoms with Crippen LogP contribution in [0.25, 0.3) is 11.8 Å². The molecule has 0 amide bonds. The average molecular weight is 563 g/mol. The van der Waals surface area contributed by atoms with E-state index >= 15 is 0 Å². The number of piperidine rings is 1. The van der Waals surface area contributed by atoms with Crippen LogP contribution in [-0.2, 0) is 21.2 Å². The molecular formula is C31H35FN4O3S. The predicted octanol–water partition coefficient (Wildman–Crippen LogP) is 5.06. The van der Waals surface area contributed by atoms with Crippen LogP contribution < -0.4 is 4.90 Å². The first-order valence-corrected chi connectivity index (χ1v) is 15.7. The Labute approximate surface area is 235 Å². The van der Waals surface area contributed by atoms with Gasteiger partial charge in [0.05, 0.1) is 28.6 Å². The van der Waals surface area contributed by atoms with Gasteiger partial charge in [-0.25, -0.2) is 17.5 Å². The molecule has 1 aromatic heterocycles. The van der Waals surface area contributed by atoms with Gasteiger partial charge < -0.3 is 9.64 Å². The Morgan fingerprint density at radius 1 is 1.05 bits per heavy atom. The molecule has 210 valence electrons. The smallest absolute Gasteiger partial charge is 0.243 e. The topological polar surface area (TPSA) is 67.7 Å². The minimum absolute atomic E-state index is 0.0741. The minimum atomic E-state index is -3.70. The second kappa shape index (κ2) is 9.82. The van der Waals surface area contributed by atoms with Crippen molar-refractivity contribution in [3.05, 3.63) is 77.4 Å². The summed E-state index contributed by atoms with van der Waals surface area (Å²) >= 11 is 0.